The van der Waals surface area contributed by atoms with Gasteiger partial charge in [0.15, 0.2) is 0 Å². The summed E-state index contributed by atoms with van der Waals surface area (Å²) in [7, 11) is 1.79. The summed E-state index contributed by atoms with van der Waals surface area (Å²) in [6.07, 6.45) is 4.78. The number of methoxy groups -OCH3 is 1. The fraction of sp³-hybridized carbons (Fsp3) is 1.00. The van der Waals surface area contributed by atoms with Crippen molar-refractivity contribution in [1.29, 1.82) is 0 Å². The van der Waals surface area contributed by atoms with Crippen molar-refractivity contribution in [3.05, 3.63) is 0 Å². The van der Waals surface area contributed by atoms with E-state index in [1.807, 2.05) is 0 Å². The van der Waals surface area contributed by atoms with Gasteiger partial charge in [-0.3, -0.25) is 4.90 Å². The zero-order chi connectivity index (χ0) is 13.1. The number of likely N-dealkylation sites (N-methyl/N-ethyl adjacent to an activating group) is 1. The first-order valence-corrected chi connectivity index (χ1v) is 7.16. The van der Waals surface area contributed by atoms with Gasteiger partial charge in [0, 0.05) is 19.7 Å². The van der Waals surface area contributed by atoms with E-state index in [4.69, 9.17) is 10.5 Å². The van der Waals surface area contributed by atoms with Gasteiger partial charge in [0.1, 0.15) is 0 Å². The Balaban J connectivity index is 4.31. The van der Waals surface area contributed by atoms with Crippen LogP contribution in [0.3, 0.4) is 0 Å². The minimum atomic E-state index is 0.536. The molecule has 0 amide bonds. The van der Waals surface area contributed by atoms with E-state index < -0.39 is 0 Å². The zero-order valence-electron chi connectivity index (χ0n) is 12.2. The van der Waals surface area contributed by atoms with Gasteiger partial charge in [-0.2, -0.15) is 0 Å². The first-order valence-electron chi connectivity index (χ1n) is 7.16. The molecule has 1 unspecified atom stereocenters. The lowest BCUT2D eigenvalue weighted by atomic mass is 10.0. The third kappa shape index (κ3) is 7.02. The smallest absolute Gasteiger partial charge is 0.0618 e. The molecule has 0 saturated heterocycles. The second-order valence-corrected chi connectivity index (χ2v) is 4.81. The van der Waals surface area contributed by atoms with Crippen molar-refractivity contribution in [1.82, 2.24) is 4.90 Å². The van der Waals surface area contributed by atoms with Crippen LogP contribution in [-0.4, -0.2) is 44.3 Å². The van der Waals surface area contributed by atoms with Gasteiger partial charge in [0.2, 0.25) is 0 Å². The number of hydrogen-bond donors (Lipinski definition) is 1. The highest BCUT2D eigenvalue weighted by atomic mass is 16.5. The van der Waals surface area contributed by atoms with Crippen LogP contribution in [0.15, 0.2) is 0 Å². The van der Waals surface area contributed by atoms with Crippen molar-refractivity contribution in [2.24, 2.45) is 11.7 Å². The molecular weight excluding hydrogens is 212 g/mol. The van der Waals surface area contributed by atoms with Crippen molar-refractivity contribution in [2.75, 3.05) is 33.4 Å². The number of ether oxygens (including phenoxy) is 1. The van der Waals surface area contributed by atoms with Gasteiger partial charge in [-0.25, -0.2) is 0 Å². The Morgan fingerprint density at radius 3 is 2.24 bits per heavy atom. The van der Waals surface area contributed by atoms with E-state index in [9.17, 15) is 0 Å². The van der Waals surface area contributed by atoms with Crippen LogP contribution >= 0.6 is 0 Å². The molecule has 104 valence electrons. The highest BCUT2D eigenvalue weighted by Gasteiger charge is 2.19. The maximum absolute atomic E-state index is 5.61. The number of rotatable bonds is 11. The normalized spacial score (nSPS) is 13.6. The summed E-state index contributed by atoms with van der Waals surface area (Å²) in [6, 6.07) is 0.536. The average molecular weight is 244 g/mol. The fourth-order valence-corrected chi connectivity index (χ4v) is 2.33. The first-order chi connectivity index (χ1) is 8.23. The van der Waals surface area contributed by atoms with Crippen LogP contribution in [-0.2, 0) is 4.74 Å². The number of hydrogen-bond acceptors (Lipinski definition) is 3. The quantitative estimate of drug-likeness (QED) is 0.607. The lowest BCUT2D eigenvalue weighted by Gasteiger charge is -2.33. The summed E-state index contributed by atoms with van der Waals surface area (Å²) in [5.41, 5.74) is 5.61. The summed E-state index contributed by atoms with van der Waals surface area (Å²) in [6.45, 7) is 10.7. The van der Waals surface area contributed by atoms with Crippen LogP contribution in [0, 0.1) is 5.92 Å². The van der Waals surface area contributed by atoms with Gasteiger partial charge >= 0.3 is 0 Å². The van der Waals surface area contributed by atoms with Crippen molar-refractivity contribution >= 4 is 0 Å². The lowest BCUT2D eigenvalue weighted by Crippen LogP contribution is -2.41. The van der Waals surface area contributed by atoms with Crippen LogP contribution in [0.5, 0.6) is 0 Å². The molecule has 0 aromatic heterocycles. The van der Waals surface area contributed by atoms with Crippen LogP contribution in [0.1, 0.15) is 46.5 Å². The summed E-state index contributed by atoms with van der Waals surface area (Å²) < 4.78 is 5.35. The molecule has 0 saturated carbocycles. The van der Waals surface area contributed by atoms with Gasteiger partial charge in [-0.15, -0.1) is 0 Å². The molecule has 0 aromatic carbocycles. The van der Waals surface area contributed by atoms with Crippen molar-refractivity contribution in [3.8, 4) is 0 Å². The minimum Gasteiger partial charge on any atom is -0.383 e. The summed E-state index contributed by atoms with van der Waals surface area (Å²) in [4.78, 5) is 2.57. The van der Waals surface area contributed by atoms with Crippen LogP contribution in [0.2, 0.25) is 0 Å². The molecule has 0 aliphatic carbocycles. The van der Waals surface area contributed by atoms with Crippen molar-refractivity contribution in [3.63, 3.8) is 0 Å². The second-order valence-electron chi connectivity index (χ2n) is 4.81. The Bertz CT molecular complexity index is 160. The zero-order valence-corrected chi connectivity index (χ0v) is 12.2. The molecule has 0 aliphatic rings. The van der Waals surface area contributed by atoms with Crippen molar-refractivity contribution < 1.29 is 4.74 Å². The summed E-state index contributed by atoms with van der Waals surface area (Å²) >= 11 is 0. The third-order valence-electron chi connectivity index (χ3n) is 3.67. The van der Waals surface area contributed by atoms with Crippen molar-refractivity contribution in [2.45, 2.75) is 52.5 Å². The van der Waals surface area contributed by atoms with Crippen LogP contribution in [0.4, 0.5) is 0 Å². The Labute approximate surface area is 108 Å². The molecule has 3 nitrogen and oxygen atoms in total. The molecule has 0 rings (SSSR count). The monoisotopic (exact) mass is 244 g/mol. The molecule has 0 aliphatic heterocycles. The van der Waals surface area contributed by atoms with Gasteiger partial charge in [-0.05, 0) is 31.8 Å². The van der Waals surface area contributed by atoms with Gasteiger partial charge in [0.25, 0.3) is 0 Å². The molecule has 0 radical (unpaired) electrons. The Morgan fingerprint density at radius 1 is 1.18 bits per heavy atom. The largest absolute Gasteiger partial charge is 0.383 e. The molecule has 0 aromatic rings. The maximum Gasteiger partial charge on any atom is 0.0618 e. The van der Waals surface area contributed by atoms with Gasteiger partial charge < -0.3 is 10.5 Å². The maximum atomic E-state index is 5.61. The summed E-state index contributed by atoms with van der Waals surface area (Å²) in [5, 5.41) is 0. The Kier molecular flexibility index (Phi) is 10.9. The van der Waals surface area contributed by atoms with E-state index in [1.165, 1.54) is 19.4 Å². The average Bonchev–Trinajstić information content (AvgIpc) is 2.36. The van der Waals surface area contributed by atoms with Crippen LogP contribution < -0.4 is 5.73 Å². The van der Waals surface area contributed by atoms with E-state index in [0.717, 1.165) is 38.5 Å². The Morgan fingerprint density at radius 2 is 1.82 bits per heavy atom. The van der Waals surface area contributed by atoms with E-state index >= 15 is 0 Å². The molecule has 0 spiro atoms. The molecule has 0 bridgehead atoms. The van der Waals surface area contributed by atoms with E-state index in [0.29, 0.717) is 6.04 Å². The van der Waals surface area contributed by atoms with Gasteiger partial charge in [-0.1, -0.05) is 33.6 Å². The highest BCUT2D eigenvalue weighted by molar-refractivity contribution is 4.73. The predicted molar refractivity (Wildman–Crippen MR) is 75.3 cm³/mol. The minimum absolute atomic E-state index is 0.536. The summed E-state index contributed by atoms with van der Waals surface area (Å²) in [5.74, 6) is 0.812. The predicted octanol–water partition coefficient (Wildman–Crippen LogP) is 2.50. The molecule has 2 N–H and O–H groups in total. The SMILES string of the molecule is CCC(CC)CN(CC)C(CCCN)COC. The third-order valence-corrected chi connectivity index (χ3v) is 3.67. The molecule has 0 heterocycles. The molecular formula is C14H32N2O. The van der Waals surface area contributed by atoms with E-state index in [1.54, 1.807) is 7.11 Å². The molecule has 0 fully saturated rings. The van der Waals surface area contributed by atoms with Crippen LogP contribution in [0.25, 0.3) is 0 Å². The topological polar surface area (TPSA) is 38.5 Å². The van der Waals surface area contributed by atoms with E-state index in [-0.39, 0.29) is 0 Å². The van der Waals surface area contributed by atoms with Gasteiger partial charge in [0.05, 0.1) is 6.61 Å². The van der Waals surface area contributed by atoms with E-state index in [2.05, 4.69) is 25.7 Å². The molecule has 1 atom stereocenters. The number of nitrogens with two attached hydrogens (primary N) is 1. The second kappa shape index (κ2) is 11.0. The lowest BCUT2D eigenvalue weighted by molar-refractivity contribution is 0.0754. The molecule has 17 heavy (non-hydrogen) atoms. The Hall–Kier alpha value is -0.120. The molecule has 3 heteroatoms. The number of nitrogens with zero attached hydrogens (tertiary/aromatic N) is 1. The standard InChI is InChI=1S/C14H32N2O/c1-5-13(6-2)11-16(7-3)14(12-17-4)9-8-10-15/h13-14H,5-12,15H2,1-4H3. The fourth-order valence-electron chi connectivity index (χ4n) is 2.33. The highest BCUT2D eigenvalue weighted by Crippen LogP contribution is 2.14. The first kappa shape index (κ1) is 16.9.